The van der Waals surface area contributed by atoms with Crippen LogP contribution in [0.2, 0.25) is 0 Å². The zero-order chi connectivity index (χ0) is 7.56. The molecule has 1 rings (SSSR count). The first-order chi connectivity index (χ1) is 4.74. The highest BCUT2D eigenvalue weighted by Gasteiger charge is 2.32. The molecule has 0 saturated heterocycles. The summed E-state index contributed by atoms with van der Waals surface area (Å²) in [6, 6.07) is 0. The molecule has 0 nitrogen and oxygen atoms in total. The first-order valence-corrected chi connectivity index (χ1v) is 4.42. The third kappa shape index (κ3) is 2.17. The first kappa shape index (κ1) is 7.84. The lowest BCUT2D eigenvalue weighted by Gasteiger charge is -1.92. The van der Waals surface area contributed by atoms with E-state index in [1.54, 1.807) is 0 Å². The molecule has 0 bridgehead atoms. The third-order valence-electron chi connectivity index (χ3n) is 2.24. The largest absolute Gasteiger partial charge is 0.0857 e. The number of rotatable bonds is 3. The summed E-state index contributed by atoms with van der Waals surface area (Å²) in [5, 5.41) is 0. The molecule has 0 aromatic carbocycles. The van der Waals surface area contributed by atoms with Gasteiger partial charge in [-0.25, -0.2) is 0 Å². The van der Waals surface area contributed by atoms with Crippen molar-refractivity contribution in [3.05, 3.63) is 12.2 Å². The van der Waals surface area contributed by atoms with Gasteiger partial charge in [-0.05, 0) is 24.2 Å². The van der Waals surface area contributed by atoms with E-state index in [0.29, 0.717) is 0 Å². The number of hydrogen-bond acceptors (Lipinski definition) is 0. The topological polar surface area (TPSA) is 0 Å². The van der Waals surface area contributed by atoms with Crippen LogP contribution in [0.1, 0.15) is 33.6 Å². The Balaban J connectivity index is 2.16. The van der Waals surface area contributed by atoms with Gasteiger partial charge in [-0.2, -0.15) is 0 Å². The van der Waals surface area contributed by atoms with Crippen LogP contribution in [0.3, 0.4) is 0 Å². The second-order valence-corrected chi connectivity index (χ2v) is 3.70. The zero-order valence-corrected chi connectivity index (χ0v) is 7.30. The molecule has 0 aromatic heterocycles. The molecule has 0 N–H and O–H groups in total. The molecule has 1 saturated carbocycles. The van der Waals surface area contributed by atoms with E-state index in [1.807, 2.05) is 0 Å². The van der Waals surface area contributed by atoms with E-state index in [2.05, 4.69) is 32.9 Å². The van der Waals surface area contributed by atoms with Gasteiger partial charge in [0.2, 0.25) is 0 Å². The van der Waals surface area contributed by atoms with Crippen molar-refractivity contribution in [2.45, 2.75) is 33.6 Å². The fourth-order valence-corrected chi connectivity index (χ4v) is 1.34. The maximum Gasteiger partial charge on any atom is -0.0202 e. The Hall–Kier alpha value is -0.260. The predicted octanol–water partition coefficient (Wildman–Crippen LogP) is 3.24. The highest BCUT2D eigenvalue weighted by molar-refractivity contribution is 5.02. The standard InChI is InChI=1S/C10H18/c1-4-9-7-10(9)6-5-8(2)3/h5-6,8-10H,4,7H2,1-3H3. The van der Waals surface area contributed by atoms with E-state index < -0.39 is 0 Å². The summed E-state index contributed by atoms with van der Waals surface area (Å²) in [5.41, 5.74) is 0. The van der Waals surface area contributed by atoms with Gasteiger partial charge in [-0.3, -0.25) is 0 Å². The van der Waals surface area contributed by atoms with Gasteiger partial charge in [0.1, 0.15) is 0 Å². The molecule has 0 spiro atoms. The van der Waals surface area contributed by atoms with Crippen molar-refractivity contribution < 1.29 is 0 Å². The number of hydrogen-bond donors (Lipinski definition) is 0. The normalized spacial score (nSPS) is 32.0. The van der Waals surface area contributed by atoms with E-state index in [4.69, 9.17) is 0 Å². The highest BCUT2D eigenvalue weighted by atomic mass is 14.4. The van der Waals surface area contributed by atoms with Gasteiger partial charge >= 0.3 is 0 Å². The van der Waals surface area contributed by atoms with Crippen molar-refractivity contribution in [2.24, 2.45) is 17.8 Å². The molecule has 2 unspecified atom stereocenters. The van der Waals surface area contributed by atoms with E-state index >= 15 is 0 Å². The van der Waals surface area contributed by atoms with Crippen molar-refractivity contribution >= 4 is 0 Å². The van der Waals surface area contributed by atoms with Crippen LogP contribution in [-0.2, 0) is 0 Å². The molecular weight excluding hydrogens is 120 g/mol. The Labute approximate surface area is 64.3 Å². The summed E-state index contributed by atoms with van der Waals surface area (Å²) >= 11 is 0. The molecule has 0 aliphatic heterocycles. The molecular formula is C10H18. The maximum atomic E-state index is 2.40. The van der Waals surface area contributed by atoms with Crippen molar-refractivity contribution in [2.75, 3.05) is 0 Å². The van der Waals surface area contributed by atoms with Crippen LogP contribution < -0.4 is 0 Å². The fraction of sp³-hybridized carbons (Fsp3) is 0.800. The molecule has 1 aliphatic rings. The minimum Gasteiger partial charge on any atom is -0.0857 e. The van der Waals surface area contributed by atoms with E-state index in [-0.39, 0.29) is 0 Å². The van der Waals surface area contributed by atoms with Crippen LogP contribution >= 0.6 is 0 Å². The van der Waals surface area contributed by atoms with E-state index in [0.717, 1.165) is 17.8 Å². The fourth-order valence-electron chi connectivity index (χ4n) is 1.34. The van der Waals surface area contributed by atoms with Gasteiger partial charge < -0.3 is 0 Å². The van der Waals surface area contributed by atoms with Gasteiger partial charge in [0.25, 0.3) is 0 Å². The second kappa shape index (κ2) is 3.23. The molecule has 0 aromatic rings. The van der Waals surface area contributed by atoms with Gasteiger partial charge in [0, 0.05) is 0 Å². The summed E-state index contributed by atoms with van der Waals surface area (Å²) in [5.74, 6) is 2.69. The molecule has 2 atom stereocenters. The lowest BCUT2D eigenvalue weighted by atomic mass is 10.1. The monoisotopic (exact) mass is 138 g/mol. The highest BCUT2D eigenvalue weighted by Crippen LogP contribution is 2.42. The van der Waals surface area contributed by atoms with Gasteiger partial charge in [-0.15, -0.1) is 0 Å². The van der Waals surface area contributed by atoms with Crippen molar-refractivity contribution in [3.63, 3.8) is 0 Å². The summed E-state index contributed by atoms with van der Waals surface area (Å²) in [7, 11) is 0. The van der Waals surface area contributed by atoms with Gasteiger partial charge in [-0.1, -0.05) is 39.3 Å². The molecule has 10 heavy (non-hydrogen) atoms. The van der Waals surface area contributed by atoms with Crippen LogP contribution in [0.15, 0.2) is 12.2 Å². The SMILES string of the molecule is CCC1CC1C=CC(C)C. The second-order valence-electron chi connectivity index (χ2n) is 3.70. The minimum absolute atomic E-state index is 0.734. The zero-order valence-electron chi connectivity index (χ0n) is 7.30. The Kier molecular flexibility index (Phi) is 2.53. The number of allylic oxidation sites excluding steroid dienone is 2. The first-order valence-electron chi connectivity index (χ1n) is 4.42. The molecule has 0 radical (unpaired) electrons. The Morgan fingerprint density at radius 2 is 2.20 bits per heavy atom. The predicted molar refractivity (Wildman–Crippen MR) is 45.9 cm³/mol. The summed E-state index contributed by atoms with van der Waals surface area (Å²) in [6.45, 7) is 6.76. The van der Waals surface area contributed by atoms with E-state index in [1.165, 1.54) is 12.8 Å². The molecule has 58 valence electrons. The van der Waals surface area contributed by atoms with Crippen LogP contribution in [0.5, 0.6) is 0 Å². The molecule has 0 heterocycles. The van der Waals surface area contributed by atoms with Crippen LogP contribution in [0.4, 0.5) is 0 Å². The average molecular weight is 138 g/mol. The van der Waals surface area contributed by atoms with Gasteiger partial charge in [0.05, 0.1) is 0 Å². The Bertz CT molecular complexity index is 122. The molecule has 1 fully saturated rings. The maximum absolute atomic E-state index is 2.40. The van der Waals surface area contributed by atoms with Crippen molar-refractivity contribution in [1.29, 1.82) is 0 Å². The van der Waals surface area contributed by atoms with Crippen LogP contribution in [-0.4, -0.2) is 0 Å². The smallest absolute Gasteiger partial charge is 0.0202 e. The minimum atomic E-state index is 0.734. The average Bonchev–Trinajstić information content (AvgIpc) is 2.61. The third-order valence-corrected chi connectivity index (χ3v) is 2.24. The summed E-state index contributed by atoms with van der Waals surface area (Å²) < 4.78 is 0. The molecule has 0 amide bonds. The molecule has 0 heteroatoms. The van der Waals surface area contributed by atoms with Gasteiger partial charge in [0.15, 0.2) is 0 Å². The quantitative estimate of drug-likeness (QED) is 0.525. The summed E-state index contributed by atoms with van der Waals surface area (Å²) in [6.07, 6.45) is 7.55. The van der Waals surface area contributed by atoms with E-state index in [9.17, 15) is 0 Å². The molecule has 1 aliphatic carbocycles. The lowest BCUT2D eigenvalue weighted by Crippen LogP contribution is -1.79. The van der Waals surface area contributed by atoms with Crippen LogP contribution in [0.25, 0.3) is 0 Å². The summed E-state index contributed by atoms with van der Waals surface area (Å²) in [4.78, 5) is 0. The van der Waals surface area contributed by atoms with Crippen molar-refractivity contribution in [1.82, 2.24) is 0 Å². The Morgan fingerprint density at radius 3 is 2.60 bits per heavy atom. The lowest BCUT2D eigenvalue weighted by molar-refractivity contribution is 0.747. The Morgan fingerprint density at radius 1 is 1.50 bits per heavy atom. The van der Waals surface area contributed by atoms with Crippen molar-refractivity contribution in [3.8, 4) is 0 Å². The van der Waals surface area contributed by atoms with Crippen LogP contribution in [0, 0.1) is 17.8 Å².